The smallest absolute Gasteiger partial charge is 0.317 e. The van der Waals surface area contributed by atoms with E-state index >= 15 is 0 Å². The van der Waals surface area contributed by atoms with Crippen LogP contribution < -0.4 is 0 Å². The molecule has 1 unspecified atom stereocenters. The van der Waals surface area contributed by atoms with Gasteiger partial charge < -0.3 is 5.11 Å². The van der Waals surface area contributed by atoms with Crippen molar-refractivity contribution in [2.45, 2.75) is 26.2 Å². The molecule has 0 aliphatic carbocycles. The summed E-state index contributed by atoms with van der Waals surface area (Å²) in [5.74, 6) is 0.0184. The maximum absolute atomic E-state index is 10.4. The Morgan fingerprint density at radius 2 is 2.42 bits per heavy atom. The summed E-state index contributed by atoms with van der Waals surface area (Å²) in [6.07, 6.45) is 3.61. The third-order valence-corrected chi connectivity index (χ3v) is 2.54. The molecule has 3 nitrogen and oxygen atoms in total. The highest BCUT2D eigenvalue weighted by atomic mass is 16.4. The first-order valence-corrected chi connectivity index (χ1v) is 4.66. The normalized spacial score (nSPS) is 25.6. The average Bonchev–Trinajstić information content (AvgIpc) is 2.03. The summed E-state index contributed by atoms with van der Waals surface area (Å²) in [7, 11) is 0. The molecule has 12 heavy (non-hydrogen) atoms. The number of carboxylic acid groups (broad SMARTS) is 1. The van der Waals surface area contributed by atoms with Gasteiger partial charge in [0.2, 0.25) is 0 Å². The zero-order valence-corrected chi connectivity index (χ0v) is 7.62. The third-order valence-electron chi connectivity index (χ3n) is 2.54. The summed E-state index contributed by atoms with van der Waals surface area (Å²) in [5, 5.41) is 8.58. The second-order valence-electron chi connectivity index (χ2n) is 3.55. The van der Waals surface area contributed by atoms with Crippen LogP contribution in [-0.4, -0.2) is 35.6 Å². The SMILES string of the molecule is CCC1CCCN(CC(=O)O)C1. The molecular weight excluding hydrogens is 154 g/mol. The van der Waals surface area contributed by atoms with E-state index in [1.807, 2.05) is 4.90 Å². The lowest BCUT2D eigenvalue weighted by Crippen LogP contribution is -2.38. The first-order valence-electron chi connectivity index (χ1n) is 4.66. The molecule has 70 valence electrons. The molecule has 0 radical (unpaired) electrons. The van der Waals surface area contributed by atoms with Gasteiger partial charge in [-0.2, -0.15) is 0 Å². The van der Waals surface area contributed by atoms with E-state index < -0.39 is 5.97 Å². The van der Waals surface area contributed by atoms with Crippen molar-refractivity contribution < 1.29 is 9.90 Å². The minimum atomic E-state index is -0.702. The van der Waals surface area contributed by atoms with Crippen LogP contribution in [0.15, 0.2) is 0 Å². The van der Waals surface area contributed by atoms with E-state index in [4.69, 9.17) is 5.11 Å². The summed E-state index contributed by atoms with van der Waals surface area (Å²) in [4.78, 5) is 12.5. The van der Waals surface area contributed by atoms with Crippen molar-refractivity contribution in [2.75, 3.05) is 19.6 Å². The molecule has 0 aromatic carbocycles. The molecule has 3 heteroatoms. The van der Waals surface area contributed by atoms with Gasteiger partial charge in [-0.25, -0.2) is 0 Å². The summed E-state index contributed by atoms with van der Waals surface area (Å²) < 4.78 is 0. The fraction of sp³-hybridized carbons (Fsp3) is 0.889. The van der Waals surface area contributed by atoms with E-state index in [2.05, 4.69) is 6.92 Å². The average molecular weight is 171 g/mol. The predicted octanol–water partition coefficient (Wildman–Crippen LogP) is 1.19. The fourth-order valence-corrected chi connectivity index (χ4v) is 1.82. The van der Waals surface area contributed by atoms with Gasteiger partial charge in [-0.3, -0.25) is 9.69 Å². The molecule has 1 heterocycles. The molecule has 0 saturated carbocycles. The summed E-state index contributed by atoms with van der Waals surface area (Å²) >= 11 is 0. The standard InChI is InChI=1S/C9H17NO2/c1-2-8-4-3-5-10(6-8)7-9(11)12/h8H,2-7H2,1H3,(H,11,12). The van der Waals surface area contributed by atoms with Crippen LogP contribution in [0, 0.1) is 5.92 Å². The number of rotatable bonds is 3. The number of likely N-dealkylation sites (tertiary alicyclic amines) is 1. The zero-order valence-electron chi connectivity index (χ0n) is 7.62. The molecule has 1 aliphatic rings. The highest BCUT2D eigenvalue weighted by molar-refractivity contribution is 5.69. The van der Waals surface area contributed by atoms with E-state index in [1.165, 1.54) is 12.8 Å². The van der Waals surface area contributed by atoms with Crippen molar-refractivity contribution in [1.82, 2.24) is 4.90 Å². The van der Waals surface area contributed by atoms with Crippen molar-refractivity contribution in [3.8, 4) is 0 Å². The van der Waals surface area contributed by atoms with Crippen LogP contribution >= 0.6 is 0 Å². The fourth-order valence-electron chi connectivity index (χ4n) is 1.82. The van der Waals surface area contributed by atoms with Crippen LogP contribution in [0.25, 0.3) is 0 Å². The number of aliphatic carboxylic acids is 1. The predicted molar refractivity (Wildman–Crippen MR) is 47.1 cm³/mol. The molecule has 1 N–H and O–H groups in total. The second-order valence-corrected chi connectivity index (χ2v) is 3.55. The Hall–Kier alpha value is -0.570. The van der Waals surface area contributed by atoms with Gasteiger partial charge in [-0.05, 0) is 25.3 Å². The number of piperidine rings is 1. The largest absolute Gasteiger partial charge is 0.480 e. The summed E-state index contributed by atoms with van der Waals surface area (Å²) in [5.41, 5.74) is 0. The summed E-state index contributed by atoms with van der Waals surface area (Å²) in [6, 6.07) is 0. The van der Waals surface area contributed by atoms with Gasteiger partial charge in [-0.15, -0.1) is 0 Å². The molecule has 0 amide bonds. The van der Waals surface area contributed by atoms with Gasteiger partial charge in [0, 0.05) is 6.54 Å². The van der Waals surface area contributed by atoms with Gasteiger partial charge in [-0.1, -0.05) is 13.3 Å². The molecule has 1 atom stereocenters. The number of hydrogen-bond donors (Lipinski definition) is 1. The van der Waals surface area contributed by atoms with Crippen LogP contribution in [0.2, 0.25) is 0 Å². The Bertz CT molecular complexity index is 159. The molecule has 0 aromatic rings. The number of carboxylic acids is 1. The van der Waals surface area contributed by atoms with Crippen molar-refractivity contribution in [2.24, 2.45) is 5.92 Å². The Kier molecular flexibility index (Phi) is 3.53. The quantitative estimate of drug-likeness (QED) is 0.693. The monoisotopic (exact) mass is 171 g/mol. The highest BCUT2D eigenvalue weighted by Gasteiger charge is 2.19. The molecule has 0 spiro atoms. The van der Waals surface area contributed by atoms with Crippen LogP contribution in [-0.2, 0) is 4.79 Å². The van der Waals surface area contributed by atoms with Crippen LogP contribution in [0.1, 0.15) is 26.2 Å². The topological polar surface area (TPSA) is 40.5 Å². The van der Waals surface area contributed by atoms with Gasteiger partial charge in [0.15, 0.2) is 0 Å². The minimum Gasteiger partial charge on any atom is -0.480 e. The van der Waals surface area contributed by atoms with Crippen molar-refractivity contribution in [1.29, 1.82) is 0 Å². The summed E-state index contributed by atoms with van der Waals surface area (Å²) in [6.45, 7) is 4.33. The molecule has 1 rings (SSSR count). The maximum Gasteiger partial charge on any atom is 0.317 e. The van der Waals surface area contributed by atoms with Crippen molar-refractivity contribution in [3.05, 3.63) is 0 Å². The molecular formula is C9H17NO2. The molecule has 0 bridgehead atoms. The van der Waals surface area contributed by atoms with Crippen molar-refractivity contribution in [3.63, 3.8) is 0 Å². The van der Waals surface area contributed by atoms with Crippen molar-refractivity contribution >= 4 is 5.97 Å². The lowest BCUT2D eigenvalue weighted by Gasteiger charge is -2.30. The molecule has 1 fully saturated rings. The molecule has 1 saturated heterocycles. The van der Waals surface area contributed by atoms with E-state index in [1.54, 1.807) is 0 Å². The van der Waals surface area contributed by atoms with E-state index in [-0.39, 0.29) is 6.54 Å². The van der Waals surface area contributed by atoms with E-state index in [0.29, 0.717) is 0 Å². The molecule has 1 aliphatic heterocycles. The van der Waals surface area contributed by atoms with E-state index in [0.717, 1.165) is 25.4 Å². The third kappa shape index (κ3) is 2.81. The minimum absolute atomic E-state index is 0.219. The highest BCUT2D eigenvalue weighted by Crippen LogP contribution is 2.18. The maximum atomic E-state index is 10.4. The number of hydrogen-bond acceptors (Lipinski definition) is 2. The van der Waals surface area contributed by atoms with Gasteiger partial charge in [0.25, 0.3) is 0 Å². The van der Waals surface area contributed by atoms with Crippen LogP contribution in [0.4, 0.5) is 0 Å². The first kappa shape index (κ1) is 9.52. The van der Waals surface area contributed by atoms with E-state index in [9.17, 15) is 4.79 Å². The van der Waals surface area contributed by atoms with Gasteiger partial charge >= 0.3 is 5.97 Å². The Balaban J connectivity index is 2.30. The Labute approximate surface area is 73.4 Å². The lowest BCUT2D eigenvalue weighted by molar-refractivity contribution is -0.138. The van der Waals surface area contributed by atoms with Gasteiger partial charge in [0.05, 0.1) is 6.54 Å². The van der Waals surface area contributed by atoms with Crippen LogP contribution in [0.5, 0.6) is 0 Å². The Morgan fingerprint density at radius 3 is 3.00 bits per heavy atom. The van der Waals surface area contributed by atoms with Crippen LogP contribution in [0.3, 0.4) is 0 Å². The second kappa shape index (κ2) is 4.45. The molecule has 0 aromatic heterocycles. The lowest BCUT2D eigenvalue weighted by atomic mass is 9.96. The first-order chi connectivity index (χ1) is 5.72. The Morgan fingerprint density at radius 1 is 1.67 bits per heavy atom. The van der Waals surface area contributed by atoms with Gasteiger partial charge in [0.1, 0.15) is 0 Å². The number of carbonyl (C=O) groups is 1. The zero-order chi connectivity index (χ0) is 8.97. The number of nitrogens with zero attached hydrogens (tertiary/aromatic N) is 1.